The van der Waals surface area contributed by atoms with Crippen molar-refractivity contribution in [1.82, 2.24) is 14.9 Å². The number of carbonyl (C=O) groups is 1. The molecular formula is C20H20N4O2S. The zero-order chi connectivity index (χ0) is 18.5. The van der Waals surface area contributed by atoms with Crippen molar-refractivity contribution in [2.75, 3.05) is 31.1 Å². The van der Waals surface area contributed by atoms with Crippen LogP contribution in [-0.2, 0) is 5.75 Å². The van der Waals surface area contributed by atoms with Crippen molar-refractivity contribution in [2.24, 2.45) is 0 Å². The van der Waals surface area contributed by atoms with E-state index in [9.17, 15) is 4.79 Å². The molecule has 0 unspecified atom stereocenters. The molecule has 0 bridgehead atoms. The third-order valence-corrected chi connectivity index (χ3v) is 5.42. The van der Waals surface area contributed by atoms with Gasteiger partial charge < -0.3 is 14.2 Å². The van der Waals surface area contributed by atoms with Gasteiger partial charge in [-0.2, -0.15) is 0 Å². The zero-order valence-corrected chi connectivity index (χ0v) is 15.6. The van der Waals surface area contributed by atoms with Crippen LogP contribution < -0.4 is 4.90 Å². The van der Waals surface area contributed by atoms with E-state index >= 15 is 0 Å². The normalized spacial score (nSPS) is 14.4. The SMILES string of the molecule is O=C(c1ccco1)N1CCN(c2cncc(SCc3ccccc3)n2)CC1. The van der Waals surface area contributed by atoms with Gasteiger partial charge in [0, 0.05) is 31.9 Å². The van der Waals surface area contributed by atoms with Gasteiger partial charge in [0.15, 0.2) is 5.76 Å². The van der Waals surface area contributed by atoms with Crippen molar-refractivity contribution < 1.29 is 9.21 Å². The van der Waals surface area contributed by atoms with Gasteiger partial charge in [0.2, 0.25) is 0 Å². The molecule has 1 fully saturated rings. The number of benzene rings is 1. The van der Waals surface area contributed by atoms with Crippen LogP contribution in [0.2, 0.25) is 0 Å². The summed E-state index contributed by atoms with van der Waals surface area (Å²) < 4.78 is 5.21. The lowest BCUT2D eigenvalue weighted by Gasteiger charge is -2.34. The second kappa shape index (κ2) is 8.26. The predicted molar refractivity (Wildman–Crippen MR) is 105 cm³/mol. The summed E-state index contributed by atoms with van der Waals surface area (Å²) in [5.74, 6) is 2.06. The highest BCUT2D eigenvalue weighted by Crippen LogP contribution is 2.23. The van der Waals surface area contributed by atoms with Crippen molar-refractivity contribution in [3.05, 3.63) is 72.4 Å². The molecule has 0 radical (unpaired) electrons. The van der Waals surface area contributed by atoms with Crippen molar-refractivity contribution in [1.29, 1.82) is 0 Å². The summed E-state index contributed by atoms with van der Waals surface area (Å²) in [6, 6.07) is 13.8. The standard InChI is InChI=1S/C20H20N4O2S/c25-20(17-7-4-12-26-17)24-10-8-23(9-11-24)18-13-21-14-19(22-18)27-15-16-5-2-1-3-6-16/h1-7,12-14H,8-11,15H2. The van der Waals surface area contributed by atoms with Crippen LogP contribution in [-0.4, -0.2) is 47.0 Å². The highest BCUT2D eigenvalue weighted by molar-refractivity contribution is 7.98. The molecule has 3 heterocycles. The van der Waals surface area contributed by atoms with Gasteiger partial charge in [0.25, 0.3) is 5.91 Å². The lowest BCUT2D eigenvalue weighted by Crippen LogP contribution is -2.49. The molecule has 7 heteroatoms. The average molecular weight is 380 g/mol. The summed E-state index contributed by atoms with van der Waals surface area (Å²) in [5, 5.41) is 0.908. The van der Waals surface area contributed by atoms with E-state index in [-0.39, 0.29) is 5.91 Å². The highest BCUT2D eigenvalue weighted by Gasteiger charge is 2.24. The summed E-state index contributed by atoms with van der Waals surface area (Å²) in [6.45, 7) is 2.74. The molecule has 2 aromatic heterocycles. The minimum Gasteiger partial charge on any atom is -0.459 e. The lowest BCUT2D eigenvalue weighted by atomic mass is 10.2. The maximum absolute atomic E-state index is 12.4. The minimum atomic E-state index is -0.0575. The molecule has 0 atom stereocenters. The number of nitrogens with zero attached hydrogens (tertiary/aromatic N) is 4. The van der Waals surface area contributed by atoms with Gasteiger partial charge in [-0.25, -0.2) is 4.98 Å². The Hall–Kier alpha value is -2.80. The summed E-state index contributed by atoms with van der Waals surface area (Å²) in [6.07, 6.45) is 5.11. The fourth-order valence-corrected chi connectivity index (χ4v) is 3.79. The van der Waals surface area contributed by atoms with Crippen molar-refractivity contribution >= 4 is 23.5 Å². The quantitative estimate of drug-likeness (QED) is 0.633. The molecule has 0 aliphatic carbocycles. The summed E-state index contributed by atoms with van der Waals surface area (Å²) in [5.41, 5.74) is 1.26. The zero-order valence-electron chi connectivity index (χ0n) is 14.8. The van der Waals surface area contributed by atoms with E-state index in [1.54, 1.807) is 36.3 Å². The third-order valence-electron chi connectivity index (χ3n) is 4.45. The van der Waals surface area contributed by atoms with E-state index in [0.717, 1.165) is 29.7 Å². The van der Waals surface area contributed by atoms with Gasteiger partial charge in [-0.05, 0) is 17.7 Å². The fourth-order valence-electron chi connectivity index (χ4n) is 2.99. The van der Waals surface area contributed by atoms with Crippen LogP contribution in [0.4, 0.5) is 5.82 Å². The lowest BCUT2D eigenvalue weighted by molar-refractivity contribution is 0.0714. The Balaban J connectivity index is 1.35. The number of thioether (sulfide) groups is 1. The van der Waals surface area contributed by atoms with Crippen LogP contribution >= 0.6 is 11.8 Å². The van der Waals surface area contributed by atoms with Crippen LogP contribution in [0.25, 0.3) is 0 Å². The Morgan fingerprint density at radius 1 is 1.04 bits per heavy atom. The molecule has 1 aliphatic heterocycles. The maximum atomic E-state index is 12.4. The maximum Gasteiger partial charge on any atom is 0.289 e. The van der Waals surface area contributed by atoms with Gasteiger partial charge in [-0.15, -0.1) is 11.8 Å². The Morgan fingerprint density at radius 3 is 2.59 bits per heavy atom. The van der Waals surface area contributed by atoms with Crippen LogP contribution in [0.15, 0.2) is 70.6 Å². The Morgan fingerprint density at radius 2 is 1.85 bits per heavy atom. The average Bonchev–Trinajstić information content (AvgIpc) is 3.28. The van der Waals surface area contributed by atoms with Crippen LogP contribution in [0.1, 0.15) is 16.1 Å². The third kappa shape index (κ3) is 4.31. The molecule has 138 valence electrons. The van der Waals surface area contributed by atoms with Crippen LogP contribution in [0.3, 0.4) is 0 Å². The number of hydrogen-bond donors (Lipinski definition) is 0. The van der Waals surface area contributed by atoms with E-state index < -0.39 is 0 Å². The number of hydrogen-bond acceptors (Lipinski definition) is 6. The number of furan rings is 1. The predicted octanol–water partition coefficient (Wildman–Crippen LogP) is 3.32. The first-order valence-corrected chi connectivity index (χ1v) is 9.85. The summed E-state index contributed by atoms with van der Waals surface area (Å²) in [7, 11) is 0. The van der Waals surface area contributed by atoms with Crippen molar-refractivity contribution in [3.63, 3.8) is 0 Å². The monoisotopic (exact) mass is 380 g/mol. The van der Waals surface area contributed by atoms with E-state index in [1.165, 1.54) is 11.8 Å². The highest BCUT2D eigenvalue weighted by atomic mass is 32.2. The smallest absolute Gasteiger partial charge is 0.289 e. The number of anilines is 1. The van der Waals surface area contributed by atoms with Gasteiger partial charge in [0.05, 0.1) is 18.7 Å². The first-order chi connectivity index (χ1) is 13.3. The minimum absolute atomic E-state index is 0.0575. The van der Waals surface area contributed by atoms with Gasteiger partial charge in [-0.1, -0.05) is 30.3 Å². The van der Waals surface area contributed by atoms with E-state index in [1.807, 2.05) is 23.1 Å². The van der Waals surface area contributed by atoms with Gasteiger partial charge in [-0.3, -0.25) is 9.78 Å². The van der Waals surface area contributed by atoms with Crippen LogP contribution in [0.5, 0.6) is 0 Å². The summed E-state index contributed by atoms with van der Waals surface area (Å²) in [4.78, 5) is 25.4. The first kappa shape index (κ1) is 17.6. The molecule has 27 heavy (non-hydrogen) atoms. The van der Waals surface area contributed by atoms with Crippen molar-refractivity contribution in [3.8, 4) is 0 Å². The molecule has 1 aliphatic rings. The largest absolute Gasteiger partial charge is 0.459 e. The summed E-state index contributed by atoms with van der Waals surface area (Å²) >= 11 is 1.68. The number of amides is 1. The molecule has 0 N–H and O–H groups in total. The van der Waals surface area contributed by atoms with Gasteiger partial charge >= 0.3 is 0 Å². The topological polar surface area (TPSA) is 62.5 Å². The van der Waals surface area contributed by atoms with E-state index in [0.29, 0.717) is 18.8 Å². The molecule has 6 nitrogen and oxygen atoms in total. The van der Waals surface area contributed by atoms with Gasteiger partial charge in [0.1, 0.15) is 10.8 Å². The Kier molecular flexibility index (Phi) is 5.39. The molecular weight excluding hydrogens is 360 g/mol. The second-order valence-electron chi connectivity index (χ2n) is 6.25. The number of carbonyl (C=O) groups excluding carboxylic acids is 1. The Labute approximate surface area is 162 Å². The number of aromatic nitrogens is 2. The second-order valence-corrected chi connectivity index (χ2v) is 7.24. The Bertz CT molecular complexity index is 878. The first-order valence-electron chi connectivity index (χ1n) is 8.86. The number of piperazine rings is 1. The van der Waals surface area contributed by atoms with E-state index in [2.05, 4.69) is 22.0 Å². The molecule has 0 spiro atoms. The molecule has 1 amide bonds. The molecule has 3 aromatic rings. The molecule has 0 saturated carbocycles. The van der Waals surface area contributed by atoms with E-state index in [4.69, 9.17) is 9.40 Å². The van der Waals surface area contributed by atoms with Crippen LogP contribution in [0, 0.1) is 0 Å². The molecule has 1 saturated heterocycles. The fraction of sp³-hybridized carbons (Fsp3) is 0.250. The number of rotatable bonds is 5. The molecule has 4 rings (SSSR count). The van der Waals surface area contributed by atoms with Crippen molar-refractivity contribution in [2.45, 2.75) is 10.8 Å². The molecule has 1 aromatic carbocycles.